The standard InChI is InChI=1S/C31H22F2O6S2/c32-31(33,41(35,36)37)21-38-30(34)28-15-7-14-27-26(28)13-8-16-29(27)39-22-17-19-25(20-18-22)40(23-9-3-1-4-10-23)24-11-5-2-6-12-24/h1-20H,21H2/p+1. The summed E-state index contributed by atoms with van der Waals surface area (Å²) in [4.78, 5) is 16.0. The topological polar surface area (TPSA) is 89.9 Å². The Hall–Kier alpha value is -4.25. The van der Waals surface area contributed by atoms with Gasteiger partial charge in [0.05, 0.1) is 16.5 Å². The molecule has 5 aromatic rings. The first-order valence-electron chi connectivity index (χ1n) is 12.3. The minimum absolute atomic E-state index is 0.0656. The summed E-state index contributed by atoms with van der Waals surface area (Å²) in [6, 6.07) is 37.7. The Kier molecular flexibility index (Phi) is 8.07. The van der Waals surface area contributed by atoms with Gasteiger partial charge in [-0.15, -0.1) is 0 Å². The van der Waals surface area contributed by atoms with Crippen molar-refractivity contribution in [2.45, 2.75) is 19.9 Å². The molecule has 41 heavy (non-hydrogen) atoms. The highest BCUT2D eigenvalue weighted by Crippen LogP contribution is 2.35. The van der Waals surface area contributed by atoms with Crippen LogP contribution in [-0.4, -0.2) is 30.8 Å². The normalized spacial score (nSPS) is 11.9. The fraction of sp³-hybridized carbons (Fsp3) is 0.0645. The van der Waals surface area contributed by atoms with Crippen molar-refractivity contribution in [1.82, 2.24) is 0 Å². The quantitative estimate of drug-likeness (QED) is 0.109. The zero-order valence-corrected chi connectivity index (χ0v) is 22.9. The number of hydrogen-bond acceptors (Lipinski definition) is 5. The van der Waals surface area contributed by atoms with Gasteiger partial charge in [-0.05, 0) is 66.0 Å². The van der Waals surface area contributed by atoms with Crippen LogP contribution in [0.25, 0.3) is 10.8 Å². The minimum Gasteiger partial charge on any atom is -0.457 e. The van der Waals surface area contributed by atoms with Gasteiger partial charge in [0.1, 0.15) is 11.5 Å². The summed E-state index contributed by atoms with van der Waals surface area (Å²) < 4.78 is 68.1. The molecular formula is C31H23F2O6S2+. The molecule has 0 saturated heterocycles. The Morgan fingerprint density at radius 1 is 0.707 bits per heavy atom. The van der Waals surface area contributed by atoms with Crippen LogP contribution < -0.4 is 4.74 Å². The number of esters is 1. The zero-order chi connectivity index (χ0) is 29.0. The SMILES string of the molecule is O=C(OCC(F)(F)S(=O)(=O)O)c1cccc2c(Oc3ccc([S+](c4ccccc4)c4ccccc4)cc3)cccc12. The molecule has 6 nitrogen and oxygen atoms in total. The first-order valence-corrected chi connectivity index (χ1v) is 15.0. The predicted molar refractivity (Wildman–Crippen MR) is 152 cm³/mol. The zero-order valence-electron chi connectivity index (χ0n) is 21.3. The summed E-state index contributed by atoms with van der Waals surface area (Å²) in [5, 5.41) is -3.76. The second-order valence-corrected chi connectivity index (χ2v) is 12.4. The van der Waals surface area contributed by atoms with Crippen LogP contribution in [0, 0.1) is 0 Å². The Balaban J connectivity index is 1.40. The second-order valence-electron chi connectivity index (χ2n) is 8.85. The van der Waals surface area contributed by atoms with Crippen LogP contribution in [0.5, 0.6) is 11.5 Å². The molecule has 0 unspecified atom stereocenters. The molecule has 208 valence electrons. The molecule has 0 atom stereocenters. The molecule has 0 aliphatic heterocycles. The molecule has 0 fully saturated rings. The van der Waals surface area contributed by atoms with E-state index in [2.05, 4.69) is 29.0 Å². The van der Waals surface area contributed by atoms with Gasteiger partial charge in [-0.1, -0.05) is 60.7 Å². The van der Waals surface area contributed by atoms with E-state index in [1.54, 1.807) is 24.3 Å². The Morgan fingerprint density at radius 3 is 1.83 bits per heavy atom. The van der Waals surface area contributed by atoms with Gasteiger partial charge < -0.3 is 9.47 Å². The van der Waals surface area contributed by atoms with Gasteiger partial charge in [0.2, 0.25) is 0 Å². The van der Waals surface area contributed by atoms with Gasteiger partial charge in [-0.2, -0.15) is 17.2 Å². The van der Waals surface area contributed by atoms with Crippen molar-refractivity contribution in [1.29, 1.82) is 0 Å². The van der Waals surface area contributed by atoms with Crippen LogP contribution >= 0.6 is 0 Å². The van der Waals surface area contributed by atoms with Gasteiger partial charge in [-0.3, -0.25) is 4.55 Å². The molecule has 0 bridgehead atoms. The highest BCUT2D eigenvalue weighted by atomic mass is 32.2. The summed E-state index contributed by atoms with van der Waals surface area (Å²) in [6.07, 6.45) is 0. The molecule has 0 saturated carbocycles. The largest absolute Gasteiger partial charge is 0.457 e. The maximum Gasteiger partial charge on any atom is 0.402 e. The lowest BCUT2D eigenvalue weighted by molar-refractivity contribution is -0.00937. The van der Waals surface area contributed by atoms with E-state index in [1.807, 2.05) is 60.7 Å². The van der Waals surface area contributed by atoms with Crippen molar-refractivity contribution in [3.8, 4) is 11.5 Å². The van der Waals surface area contributed by atoms with Crippen LogP contribution in [0.2, 0.25) is 0 Å². The molecular weight excluding hydrogens is 570 g/mol. The smallest absolute Gasteiger partial charge is 0.402 e. The molecule has 0 aliphatic rings. The third-order valence-electron chi connectivity index (χ3n) is 6.10. The summed E-state index contributed by atoms with van der Waals surface area (Å²) in [6.45, 7) is -1.82. The maximum atomic E-state index is 13.6. The van der Waals surface area contributed by atoms with Crippen molar-refractivity contribution < 1.29 is 36.0 Å². The van der Waals surface area contributed by atoms with Crippen molar-refractivity contribution in [2.75, 3.05) is 6.61 Å². The number of alkyl halides is 2. The summed E-state index contributed by atoms with van der Waals surface area (Å²) in [5.74, 6) is -0.209. The van der Waals surface area contributed by atoms with Crippen LogP contribution in [-0.2, 0) is 25.7 Å². The number of benzene rings is 5. The Morgan fingerprint density at radius 2 is 1.24 bits per heavy atom. The number of carbonyl (C=O) groups is 1. The lowest BCUT2D eigenvalue weighted by Gasteiger charge is -2.14. The van der Waals surface area contributed by atoms with Crippen LogP contribution in [0.1, 0.15) is 10.4 Å². The van der Waals surface area contributed by atoms with E-state index < -0.39 is 27.9 Å². The van der Waals surface area contributed by atoms with Gasteiger partial charge in [0.25, 0.3) is 0 Å². The molecule has 5 aromatic carbocycles. The molecule has 0 spiro atoms. The number of hydrogen-bond donors (Lipinski definition) is 1. The number of ether oxygens (including phenoxy) is 2. The van der Waals surface area contributed by atoms with E-state index >= 15 is 0 Å². The second kappa shape index (κ2) is 11.7. The van der Waals surface area contributed by atoms with Gasteiger partial charge in [0.15, 0.2) is 21.3 Å². The average Bonchev–Trinajstić information content (AvgIpc) is 2.97. The van der Waals surface area contributed by atoms with Crippen LogP contribution in [0.4, 0.5) is 8.78 Å². The fourth-order valence-corrected chi connectivity index (χ4v) is 6.43. The number of halogens is 2. The molecule has 0 amide bonds. The summed E-state index contributed by atoms with van der Waals surface area (Å²) in [7, 11) is -6.06. The van der Waals surface area contributed by atoms with Crippen LogP contribution in [0.3, 0.4) is 0 Å². The monoisotopic (exact) mass is 593 g/mol. The lowest BCUT2D eigenvalue weighted by Crippen LogP contribution is -2.34. The van der Waals surface area contributed by atoms with E-state index in [9.17, 15) is 22.0 Å². The molecule has 0 aliphatic carbocycles. The first kappa shape index (κ1) is 28.3. The molecule has 0 radical (unpaired) electrons. The van der Waals surface area contributed by atoms with E-state index in [4.69, 9.17) is 9.29 Å². The summed E-state index contributed by atoms with van der Waals surface area (Å²) in [5.41, 5.74) is -0.0656. The lowest BCUT2D eigenvalue weighted by atomic mass is 10.0. The van der Waals surface area contributed by atoms with Crippen LogP contribution in [0.15, 0.2) is 136 Å². The highest BCUT2D eigenvalue weighted by molar-refractivity contribution is 7.97. The van der Waals surface area contributed by atoms with E-state index in [0.717, 1.165) is 4.90 Å². The van der Waals surface area contributed by atoms with E-state index in [0.29, 0.717) is 22.3 Å². The van der Waals surface area contributed by atoms with Gasteiger partial charge in [-0.25, -0.2) is 4.79 Å². The molecule has 5 rings (SSSR count). The van der Waals surface area contributed by atoms with Gasteiger partial charge in [0, 0.05) is 5.39 Å². The molecule has 1 N–H and O–H groups in total. The van der Waals surface area contributed by atoms with Gasteiger partial charge >= 0.3 is 21.3 Å². The minimum atomic E-state index is -5.73. The predicted octanol–water partition coefficient (Wildman–Crippen LogP) is 7.36. The molecule has 0 aromatic heterocycles. The van der Waals surface area contributed by atoms with E-state index in [-0.39, 0.29) is 16.5 Å². The molecule has 0 heterocycles. The van der Waals surface area contributed by atoms with Crippen molar-refractivity contribution in [3.05, 3.63) is 127 Å². The number of fused-ring (bicyclic) bond motifs is 1. The third kappa shape index (κ3) is 6.25. The average molecular weight is 594 g/mol. The third-order valence-corrected chi connectivity index (χ3v) is 9.20. The first-order chi connectivity index (χ1) is 19.6. The summed E-state index contributed by atoms with van der Waals surface area (Å²) >= 11 is 0. The van der Waals surface area contributed by atoms with E-state index in [1.165, 1.54) is 21.9 Å². The number of rotatable bonds is 9. The Labute approximate surface area is 238 Å². The number of carbonyl (C=O) groups excluding carboxylic acids is 1. The fourth-order valence-electron chi connectivity index (χ4n) is 4.14. The highest BCUT2D eigenvalue weighted by Gasteiger charge is 2.45. The maximum absolute atomic E-state index is 13.6. The van der Waals surface area contributed by atoms with Crippen molar-refractivity contribution in [3.63, 3.8) is 0 Å². The van der Waals surface area contributed by atoms with Crippen molar-refractivity contribution >= 4 is 37.8 Å². The molecule has 10 heteroatoms. The Bertz CT molecular complexity index is 1740. The van der Waals surface area contributed by atoms with Crippen molar-refractivity contribution in [2.24, 2.45) is 0 Å².